The number of hydrogen-bond acceptors (Lipinski definition) is 7. The van der Waals surface area contributed by atoms with E-state index in [0.717, 1.165) is 0 Å². The first-order valence-corrected chi connectivity index (χ1v) is 8.11. The summed E-state index contributed by atoms with van der Waals surface area (Å²) in [7, 11) is 1.58. The number of hydrogen-bond donors (Lipinski definition) is 1. The van der Waals surface area contributed by atoms with Gasteiger partial charge in [0.1, 0.15) is 23.1 Å². The van der Waals surface area contributed by atoms with Crippen molar-refractivity contribution in [2.24, 2.45) is 0 Å². The number of carboxylic acids is 1. The molecule has 2 aromatic rings. The quantitative estimate of drug-likeness (QED) is 0.648. The van der Waals surface area contributed by atoms with E-state index in [2.05, 4.69) is 10.3 Å². The predicted molar refractivity (Wildman–Crippen MR) is 86.0 cm³/mol. The first-order chi connectivity index (χ1) is 11.6. The molecule has 0 fully saturated rings. The molecule has 1 aromatic heterocycles. The van der Waals surface area contributed by atoms with Gasteiger partial charge in [-0.25, -0.2) is 4.98 Å². The number of aliphatic carboxylic acids is 1. The Balaban J connectivity index is 1.69. The van der Waals surface area contributed by atoms with Gasteiger partial charge in [0.05, 0.1) is 25.8 Å². The standard InChI is InChI=1S/C16H18N2O5S/c1-22-12-3-2-4-13(8-12)23-6-5-17-14(19)9-15-18-11(10-24-15)7-16(20)21/h2-4,8,10H,5-7,9H2,1H3,(H,17,19)(H,20,21)/p-1. The Bertz CT molecular complexity index is 701. The molecule has 0 radical (unpaired) electrons. The number of methoxy groups -OCH3 is 1. The van der Waals surface area contributed by atoms with Gasteiger partial charge in [-0.05, 0) is 12.1 Å². The van der Waals surface area contributed by atoms with E-state index in [9.17, 15) is 14.7 Å². The highest BCUT2D eigenvalue weighted by Gasteiger charge is 2.08. The van der Waals surface area contributed by atoms with Gasteiger partial charge in [0.25, 0.3) is 0 Å². The number of carbonyl (C=O) groups is 2. The van der Waals surface area contributed by atoms with Crippen LogP contribution in [0.3, 0.4) is 0 Å². The molecule has 1 amide bonds. The minimum Gasteiger partial charge on any atom is -0.550 e. The smallest absolute Gasteiger partial charge is 0.226 e. The molecule has 24 heavy (non-hydrogen) atoms. The third-order valence-electron chi connectivity index (χ3n) is 2.97. The molecule has 0 unspecified atom stereocenters. The van der Waals surface area contributed by atoms with Gasteiger partial charge in [0.15, 0.2) is 0 Å². The first-order valence-electron chi connectivity index (χ1n) is 7.23. The summed E-state index contributed by atoms with van der Waals surface area (Å²) in [6.45, 7) is 0.681. The van der Waals surface area contributed by atoms with Crippen LogP contribution in [0.4, 0.5) is 0 Å². The third kappa shape index (κ3) is 5.88. The van der Waals surface area contributed by atoms with Crippen LogP contribution in [0.5, 0.6) is 11.5 Å². The number of carbonyl (C=O) groups excluding carboxylic acids is 2. The van der Waals surface area contributed by atoms with Crippen molar-refractivity contribution in [1.82, 2.24) is 10.3 Å². The monoisotopic (exact) mass is 349 g/mol. The summed E-state index contributed by atoms with van der Waals surface area (Å²) in [5, 5.41) is 15.4. The lowest BCUT2D eigenvalue weighted by molar-refractivity contribution is -0.304. The first kappa shape index (κ1) is 17.7. The second kappa shape index (κ2) is 8.88. The number of carboxylic acid groups (broad SMARTS) is 1. The topological polar surface area (TPSA) is 101 Å². The van der Waals surface area contributed by atoms with Crippen molar-refractivity contribution in [3.05, 3.63) is 40.3 Å². The van der Waals surface area contributed by atoms with Crippen LogP contribution in [0, 0.1) is 0 Å². The fourth-order valence-corrected chi connectivity index (χ4v) is 2.70. The molecule has 0 aliphatic heterocycles. The molecule has 8 heteroatoms. The minimum atomic E-state index is -1.19. The van der Waals surface area contributed by atoms with Gasteiger partial charge in [0.2, 0.25) is 5.91 Å². The lowest BCUT2D eigenvalue weighted by Gasteiger charge is -2.08. The van der Waals surface area contributed by atoms with Crippen molar-refractivity contribution in [1.29, 1.82) is 0 Å². The van der Waals surface area contributed by atoms with Crippen LogP contribution in [0.15, 0.2) is 29.6 Å². The zero-order valence-electron chi connectivity index (χ0n) is 13.1. The molecule has 1 heterocycles. The molecule has 0 aliphatic carbocycles. The lowest BCUT2D eigenvalue weighted by atomic mass is 10.3. The normalized spacial score (nSPS) is 10.2. The molecule has 0 spiro atoms. The Labute approximate surface area is 143 Å². The number of benzene rings is 1. The lowest BCUT2D eigenvalue weighted by Crippen LogP contribution is -2.29. The van der Waals surface area contributed by atoms with E-state index in [-0.39, 0.29) is 18.7 Å². The molecule has 7 nitrogen and oxygen atoms in total. The van der Waals surface area contributed by atoms with Crippen LogP contribution < -0.4 is 19.9 Å². The highest BCUT2D eigenvalue weighted by Crippen LogP contribution is 2.18. The summed E-state index contributed by atoms with van der Waals surface area (Å²) in [6, 6.07) is 7.20. The summed E-state index contributed by atoms with van der Waals surface area (Å²) in [6.07, 6.45) is -0.136. The molecular formula is C16H17N2O5S-. The van der Waals surface area contributed by atoms with Gasteiger partial charge >= 0.3 is 0 Å². The molecule has 0 bridgehead atoms. The number of amides is 1. The second-order valence-electron chi connectivity index (χ2n) is 4.84. The summed E-state index contributed by atoms with van der Waals surface area (Å²) in [4.78, 5) is 26.4. The van der Waals surface area contributed by atoms with Crippen LogP contribution in [0.25, 0.3) is 0 Å². The molecule has 2 rings (SSSR count). The van der Waals surface area contributed by atoms with Gasteiger partial charge in [-0.3, -0.25) is 4.79 Å². The zero-order valence-corrected chi connectivity index (χ0v) is 13.9. The van der Waals surface area contributed by atoms with E-state index in [1.165, 1.54) is 11.3 Å². The number of rotatable bonds is 9. The molecule has 1 aromatic carbocycles. The molecule has 0 atom stereocenters. The summed E-state index contributed by atoms with van der Waals surface area (Å²) < 4.78 is 10.6. The number of ether oxygens (including phenoxy) is 2. The average Bonchev–Trinajstić information content (AvgIpc) is 2.98. The van der Waals surface area contributed by atoms with Crippen molar-refractivity contribution >= 4 is 23.2 Å². The van der Waals surface area contributed by atoms with Crippen LogP contribution >= 0.6 is 11.3 Å². The molecule has 128 valence electrons. The maximum absolute atomic E-state index is 11.8. The van der Waals surface area contributed by atoms with Crippen molar-refractivity contribution in [3.63, 3.8) is 0 Å². The minimum absolute atomic E-state index is 0.108. The number of nitrogens with one attached hydrogen (secondary N) is 1. The van der Waals surface area contributed by atoms with Gasteiger partial charge in [0, 0.05) is 23.8 Å². The van der Waals surface area contributed by atoms with E-state index in [4.69, 9.17) is 9.47 Å². The average molecular weight is 349 g/mol. The molecular weight excluding hydrogens is 332 g/mol. The van der Waals surface area contributed by atoms with Crippen LogP contribution in [0.2, 0.25) is 0 Å². The SMILES string of the molecule is COc1cccc(OCCNC(=O)Cc2nc(CC(=O)[O-])cs2)c1. The van der Waals surface area contributed by atoms with Crippen molar-refractivity contribution in [2.75, 3.05) is 20.3 Å². The predicted octanol–water partition coefficient (Wildman–Crippen LogP) is 0.182. The zero-order chi connectivity index (χ0) is 17.4. The van der Waals surface area contributed by atoms with Crippen LogP contribution in [-0.2, 0) is 22.4 Å². The summed E-state index contributed by atoms with van der Waals surface area (Å²) in [5.74, 6) is -0.0206. The van der Waals surface area contributed by atoms with E-state index in [1.807, 2.05) is 12.1 Å². The fourth-order valence-electron chi connectivity index (χ4n) is 1.91. The Morgan fingerprint density at radius 3 is 2.83 bits per heavy atom. The largest absolute Gasteiger partial charge is 0.550 e. The van der Waals surface area contributed by atoms with E-state index >= 15 is 0 Å². The molecule has 0 saturated carbocycles. The molecule has 1 N–H and O–H groups in total. The number of nitrogens with zero attached hydrogens (tertiary/aromatic N) is 1. The van der Waals surface area contributed by atoms with Gasteiger partial charge in [-0.15, -0.1) is 11.3 Å². The molecule has 0 saturated heterocycles. The van der Waals surface area contributed by atoms with E-state index < -0.39 is 5.97 Å². The Morgan fingerprint density at radius 2 is 2.08 bits per heavy atom. The summed E-state index contributed by atoms with van der Waals surface area (Å²) >= 11 is 1.25. The van der Waals surface area contributed by atoms with Crippen LogP contribution in [0.1, 0.15) is 10.7 Å². The van der Waals surface area contributed by atoms with Crippen molar-refractivity contribution in [3.8, 4) is 11.5 Å². The Morgan fingerprint density at radius 1 is 1.29 bits per heavy atom. The highest BCUT2D eigenvalue weighted by atomic mass is 32.1. The van der Waals surface area contributed by atoms with Crippen LogP contribution in [-0.4, -0.2) is 37.1 Å². The fraction of sp³-hybridized carbons (Fsp3) is 0.312. The van der Waals surface area contributed by atoms with E-state index in [0.29, 0.717) is 35.4 Å². The van der Waals surface area contributed by atoms with Crippen molar-refractivity contribution in [2.45, 2.75) is 12.8 Å². The van der Waals surface area contributed by atoms with E-state index in [1.54, 1.807) is 24.6 Å². The highest BCUT2D eigenvalue weighted by molar-refractivity contribution is 7.09. The molecule has 0 aliphatic rings. The summed E-state index contributed by atoms with van der Waals surface area (Å²) in [5.41, 5.74) is 0.407. The Kier molecular flexibility index (Phi) is 6.56. The maximum atomic E-state index is 11.8. The maximum Gasteiger partial charge on any atom is 0.226 e. The van der Waals surface area contributed by atoms with Crippen molar-refractivity contribution < 1.29 is 24.2 Å². The number of thiazole rings is 1. The Hall–Kier alpha value is -2.61. The van der Waals surface area contributed by atoms with Gasteiger partial charge in [-0.2, -0.15) is 0 Å². The third-order valence-corrected chi connectivity index (χ3v) is 3.87. The van der Waals surface area contributed by atoms with Gasteiger partial charge in [-0.1, -0.05) is 6.07 Å². The number of aromatic nitrogens is 1. The van der Waals surface area contributed by atoms with Gasteiger partial charge < -0.3 is 24.7 Å². The second-order valence-corrected chi connectivity index (χ2v) is 5.78.